The molecular weight excluding hydrogens is 1450 g/mol. The van der Waals surface area contributed by atoms with Gasteiger partial charge in [-0.05, 0) is 43.4 Å². The Labute approximate surface area is 689 Å². The molecule has 7 atom stereocenters. The Kier molecular flexibility index (Phi) is 81.3. The zero-order chi connectivity index (χ0) is 82.2. The molecule has 4 unspecified atom stereocenters. The van der Waals surface area contributed by atoms with Crippen LogP contribution in [0.2, 0.25) is 0 Å². The van der Waals surface area contributed by atoms with Gasteiger partial charge in [-0.2, -0.15) is 0 Å². The predicted molar refractivity (Wildman–Crippen MR) is 465 cm³/mol. The van der Waals surface area contributed by atoms with Gasteiger partial charge in [-0.3, -0.25) is 37.3 Å². The van der Waals surface area contributed by atoms with Crippen molar-refractivity contribution >= 4 is 39.5 Å². The number of esters is 4. The number of hydrogen-bond donors (Lipinski definition) is 3. The number of carbonyl (C=O) groups is 4. The SMILES string of the molecule is CCCCCCCCCCCCCCCCCCC(=O)O[C@H](COC(=O)CCCCCCCCCCCC(C)C)COP(=O)(O)OC[C@H](O)COP(=O)(O)OC[C@@H](COC(=O)CCCCCCCCCCCCCCCCCCCCC(C)CC)OC(=O)CCCCCCCCCCCCCCCCCCCCC(C)CC. The standard InChI is InChI=1S/C93H182O17P2/c1-8-11-12-13-14-15-16-17-18-29-35-40-47-55-62-69-76-93(98)110-89(81-104-91(96)75-68-61-54-49-42-43-50-57-64-71-84(4)5)83-108-112(101,102)106-79-87(94)78-105-111(99,100)107-82-88(109-92(97)77-70-63-56-48-41-36-31-26-22-20-24-28-33-38-45-52-59-66-73-86(7)10-3)80-103-90(95)74-67-60-53-46-39-34-30-25-21-19-23-27-32-37-44-51-58-65-72-85(6)9-2/h84-89,94H,8-83H2,1-7H3,(H,99,100)(H,101,102)/t85?,86?,87-,88-,89-/m1/s1. The highest BCUT2D eigenvalue weighted by molar-refractivity contribution is 7.47. The first-order chi connectivity index (χ1) is 54.3. The molecule has 19 heteroatoms. The number of ether oxygens (including phenoxy) is 4. The molecule has 3 N–H and O–H groups in total. The summed E-state index contributed by atoms with van der Waals surface area (Å²) in [6.07, 6.45) is 76.4. The third kappa shape index (κ3) is 83.1. The summed E-state index contributed by atoms with van der Waals surface area (Å²) < 4.78 is 69.1. The highest BCUT2D eigenvalue weighted by atomic mass is 31.2. The van der Waals surface area contributed by atoms with Crippen LogP contribution >= 0.6 is 15.6 Å². The monoisotopic (exact) mass is 1630 g/mol. The number of phosphoric ester groups is 2. The van der Waals surface area contributed by atoms with E-state index in [1.54, 1.807) is 0 Å². The summed E-state index contributed by atoms with van der Waals surface area (Å²) in [5.41, 5.74) is 0. The van der Waals surface area contributed by atoms with Gasteiger partial charge in [-0.25, -0.2) is 9.13 Å². The maximum absolute atomic E-state index is 13.2. The van der Waals surface area contributed by atoms with Crippen LogP contribution in [0, 0.1) is 17.8 Å². The lowest BCUT2D eigenvalue weighted by Gasteiger charge is -2.21. The predicted octanol–water partition coefficient (Wildman–Crippen LogP) is 28.8. The summed E-state index contributed by atoms with van der Waals surface area (Å²) in [4.78, 5) is 73.5. The second kappa shape index (κ2) is 82.7. The molecule has 0 fully saturated rings. The molecule has 0 saturated heterocycles. The van der Waals surface area contributed by atoms with Crippen molar-refractivity contribution in [3.63, 3.8) is 0 Å². The van der Waals surface area contributed by atoms with Crippen LogP contribution in [-0.4, -0.2) is 96.7 Å². The van der Waals surface area contributed by atoms with Crippen LogP contribution in [0.3, 0.4) is 0 Å². The number of carbonyl (C=O) groups excluding carboxylic acids is 4. The molecule has 0 amide bonds. The van der Waals surface area contributed by atoms with Crippen LogP contribution in [0.5, 0.6) is 0 Å². The van der Waals surface area contributed by atoms with Gasteiger partial charge in [0.15, 0.2) is 12.2 Å². The number of unbranched alkanes of at least 4 members (excludes halogenated alkanes) is 57. The van der Waals surface area contributed by atoms with Gasteiger partial charge < -0.3 is 33.8 Å². The summed E-state index contributed by atoms with van der Waals surface area (Å²) in [6, 6.07) is 0. The van der Waals surface area contributed by atoms with E-state index in [0.29, 0.717) is 25.7 Å². The van der Waals surface area contributed by atoms with Crippen molar-refractivity contribution in [2.75, 3.05) is 39.6 Å². The van der Waals surface area contributed by atoms with Gasteiger partial charge in [0.05, 0.1) is 26.4 Å². The minimum atomic E-state index is -4.97. The Balaban J connectivity index is 5.24. The molecule has 0 aromatic carbocycles. The van der Waals surface area contributed by atoms with E-state index in [1.807, 2.05) is 0 Å². The minimum Gasteiger partial charge on any atom is -0.462 e. The lowest BCUT2D eigenvalue weighted by molar-refractivity contribution is -0.161. The molecule has 0 aromatic rings. The third-order valence-electron chi connectivity index (χ3n) is 22.6. The number of hydrogen-bond acceptors (Lipinski definition) is 15. The van der Waals surface area contributed by atoms with E-state index in [0.717, 1.165) is 108 Å². The highest BCUT2D eigenvalue weighted by Crippen LogP contribution is 2.45. The molecule has 0 rings (SSSR count). The van der Waals surface area contributed by atoms with Crippen molar-refractivity contribution < 1.29 is 80.2 Å². The van der Waals surface area contributed by atoms with Gasteiger partial charge in [0.1, 0.15) is 19.3 Å². The van der Waals surface area contributed by atoms with Crippen LogP contribution in [0.4, 0.5) is 0 Å². The van der Waals surface area contributed by atoms with Crippen molar-refractivity contribution in [3.05, 3.63) is 0 Å². The fraction of sp³-hybridized carbons (Fsp3) is 0.957. The Morgan fingerprint density at radius 1 is 0.259 bits per heavy atom. The molecule has 0 aliphatic rings. The van der Waals surface area contributed by atoms with E-state index < -0.39 is 97.5 Å². The van der Waals surface area contributed by atoms with Gasteiger partial charge >= 0.3 is 39.5 Å². The number of aliphatic hydroxyl groups excluding tert-OH is 1. The molecule has 0 aromatic heterocycles. The average Bonchev–Trinajstić information content (AvgIpc) is 0.937. The van der Waals surface area contributed by atoms with Gasteiger partial charge in [-0.15, -0.1) is 0 Å². The summed E-state index contributed by atoms with van der Waals surface area (Å²) in [5.74, 6) is 0.393. The van der Waals surface area contributed by atoms with E-state index in [4.69, 9.17) is 37.0 Å². The normalized spacial score (nSPS) is 14.2. The van der Waals surface area contributed by atoms with Crippen LogP contribution in [-0.2, 0) is 65.4 Å². The molecule has 0 radical (unpaired) electrons. The number of aliphatic hydroxyl groups is 1. The molecule has 0 bridgehead atoms. The first kappa shape index (κ1) is 110. The van der Waals surface area contributed by atoms with E-state index >= 15 is 0 Å². The van der Waals surface area contributed by atoms with Crippen molar-refractivity contribution in [2.24, 2.45) is 17.8 Å². The average molecular weight is 1630 g/mol. The largest absolute Gasteiger partial charge is 0.472 e. The summed E-state index contributed by atoms with van der Waals surface area (Å²) in [6.45, 7) is 12.1. The molecule has 0 aliphatic heterocycles. The molecule has 666 valence electrons. The van der Waals surface area contributed by atoms with Crippen LogP contribution in [0.25, 0.3) is 0 Å². The summed E-state index contributed by atoms with van der Waals surface area (Å²) >= 11 is 0. The number of rotatable bonds is 91. The smallest absolute Gasteiger partial charge is 0.462 e. The molecular formula is C93H182O17P2. The van der Waals surface area contributed by atoms with Crippen LogP contribution in [0.15, 0.2) is 0 Å². The van der Waals surface area contributed by atoms with E-state index in [-0.39, 0.29) is 25.7 Å². The number of phosphoric acid groups is 2. The van der Waals surface area contributed by atoms with Crippen LogP contribution < -0.4 is 0 Å². The molecule has 0 saturated carbocycles. The van der Waals surface area contributed by atoms with Gasteiger partial charge in [0.2, 0.25) is 0 Å². The fourth-order valence-electron chi connectivity index (χ4n) is 14.5. The maximum Gasteiger partial charge on any atom is 0.472 e. The lowest BCUT2D eigenvalue weighted by atomic mass is 9.99. The molecule has 0 aliphatic carbocycles. The van der Waals surface area contributed by atoms with Crippen molar-refractivity contribution in [1.82, 2.24) is 0 Å². The van der Waals surface area contributed by atoms with E-state index in [2.05, 4.69) is 48.5 Å². The molecule has 0 heterocycles. The Morgan fingerprint density at radius 3 is 0.679 bits per heavy atom. The van der Waals surface area contributed by atoms with Crippen molar-refractivity contribution in [3.8, 4) is 0 Å². The maximum atomic E-state index is 13.2. The second-order valence-electron chi connectivity index (χ2n) is 34.4. The quantitative estimate of drug-likeness (QED) is 0.0222. The Morgan fingerprint density at radius 2 is 0.455 bits per heavy atom. The first-order valence-electron chi connectivity index (χ1n) is 47.9. The highest BCUT2D eigenvalue weighted by Gasteiger charge is 2.31. The van der Waals surface area contributed by atoms with Gasteiger partial charge in [0.25, 0.3) is 0 Å². The molecule has 112 heavy (non-hydrogen) atoms. The Bertz CT molecular complexity index is 2150. The fourth-order valence-corrected chi connectivity index (χ4v) is 16.1. The third-order valence-corrected chi connectivity index (χ3v) is 24.5. The van der Waals surface area contributed by atoms with Gasteiger partial charge in [0, 0.05) is 25.7 Å². The van der Waals surface area contributed by atoms with E-state index in [9.17, 15) is 43.2 Å². The second-order valence-corrected chi connectivity index (χ2v) is 37.3. The zero-order valence-electron chi connectivity index (χ0n) is 74.2. The minimum absolute atomic E-state index is 0.108. The van der Waals surface area contributed by atoms with Crippen molar-refractivity contribution in [2.45, 2.75) is 516 Å². The van der Waals surface area contributed by atoms with Gasteiger partial charge in [-0.1, -0.05) is 447 Å². The van der Waals surface area contributed by atoms with E-state index in [1.165, 1.54) is 308 Å². The van der Waals surface area contributed by atoms with Crippen molar-refractivity contribution in [1.29, 1.82) is 0 Å². The Hall–Kier alpha value is -1.94. The van der Waals surface area contributed by atoms with Crippen LogP contribution in [0.1, 0.15) is 498 Å². The topological polar surface area (TPSA) is 237 Å². The first-order valence-corrected chi connectivity index (χ1v) is 50.9. The zero-order valence-corrected chi connectivity index (χ0v) is 75.9. The molecule has 17 nitrogen and oxygen atoms in total. The molecule has 0 spiro atoms. The summed E-state index contributed by atoms with van der Waals surface area (Å²) in [5, 5.41) is 10.7. The lowest BCUT2D eigenvalue weighted by Crippen LogP contribution is -2.30. The summed E-state index contributed by atoms with van der Waals surface area (Å²) in [7, 11) is -9.94.